The number of amides is 1. The van der Waals surface area contributed by atoms with Gasteiger partial charge in [-0.2, -0.15) is 5.26 Å². The molecule has 5 heteroatoms. The van der Waals surface area contributed by atoms with Crippen LogP contribution in [0.25, 0.3) is 6.08 Å². The fourth-order valence-corrected chi connectivity index (χ4v) is 3.10. The summed E-state index contributed by atoms with van der Waals surface area (Å²) in [6.07, 6.45) is 3.69. The van der Waals surface area contributed by atoms with Crippen LogP contribution in [0.5, 0.6) is 0 Å². The summed E-state index contributed by atoms with van der Waals surface area (Å²) >= 11 is 7.41. The number of halogens is 1. The van der Waals surface area contributed by atoms with Crippen LogP contribution in [0.15, 0.2) is 59.5 Å². The maximum Gasteiger partial charge on any atom is 0.248 e. The number of nitrogens with zero attached hydrogens (tertiary/aromatic N) is 1. The standard InChI is InChI=1S/C19H17ClN2OS/c1-14(12-13-21)24-18-5-3-2-4-17(18)22-19(23)11-8-15-6-9-16(20)10-7-15/h2-11,14H,12H2,1H3,(H,22,23)/b11-8+. The molecule has 1 atom stereocenters. The summed E-state index contributed by atoms with van der Waals surface area (Å²) in [7, 11) is 0. The zero-order valence-electron chi connectivity index (χ0n) is 13.2. The highest BCUT2D eigenvalue weighted by Gasteiger charge is 2.09. The minimum Gasteiger partial charge on any atom is -0.321 e. The van der Waals surface area contributed by atoms with Gasteiger partial charge in [0.05, 0.1) is 11.8 Å². The first-order valence-corrected chi connectivity index (χ1v) is 8.71. The number of nitrogens with one attached hydrogen (secondary N) is 1. The number of hydrogen-bond donors (Lipinski definition) is 1. The van der Waals surface area contributed by atoms with E-state index in [9.17, 15) is 4.79 Å². The summed E-state index contributed by atoms with van der Waals surface area (Å²) in [6.45, 7) is 1.99. The molecule has 3 nitrogen and oxygen atoms in total. The van der Waals surface area contributed by atoms with Gasteiger partial charge in [0.15, 0.2) is 0 Å². The fourth-order valence-electron chi connectivity index (χ4n) is 1.98. The maximum absolute atomic E-state index is 12.1. The first-order valence-electron chi connectivity index (χ1n) is 7.46. The van der Waals surface area contributed by atoms with Crippen molar-refractivity contribution in [3.05, 3.63) is 65.2 Å². The highest BCUT2D eigenvalue weighted by molar-refractivity contribution is 8.00. The fraction of sp³-hybridized carbons (Fsp3) is 0.158. The first kappa shape index (κ1) is 18.1. The molecule has 0 aliphatic heterocycles. The van der Waals surface area contributed by atoms with Crippen LogP contribution >= 0.6 is 23.4 Å². The lowest BCUT2D eigenvalue weighted by Gasteiger charge is -2.12. The molecule has 0 saturated heterocycles. The normalized spacial score (nSPS) is 11.9. The Morgan fingerprint density at radius 2 is 2.00 bits per heavy atom. The summed E-state index contributed by atoms with van der Waals surface area (Å²) in [6, 6.07) is 17.0. The summed E-state index contributed by atoms with van der Waals surface area (Å²) in [5.41, 5.74) is 1.65. The summed E-state index contributed by atoms with van der Waals surface area (Å²) in [4.78, 5) is 13.1. The van der Waals surface area contributed by atoms with Crippen molar-refractivity contribution in [2.24, 2.45) is 0 Å². The van der Waals surface area contributed by atoms with Gasteiger partial charge in [-0.05, 0) is 35.9 Å². The van der Waals surface area contributed by atoms with Crippen molar-refractivity contribution < 1.29 is 4.79 Å². The average molecular weight is 357 g/mol. The van der Waals surface area contributed by atoms with E-state index in [2.05, 4.69) is 11.4 Å². The molecule has 2 aromatic rings. The number of thioether (sulfide) groups is 1. The molecule has 0 spiro atoms. The average Bonchev–Trinajstić information content (AvgIpc) is 2.56. The second-order valence-electron chi connectivity index (χ2n) is 5.16. The maximum atomic E-state index is 12.1. The Morgan fingerprint density at radius 3 is 2.71 bits per heavy atom. The van der Waals surface area contributed by atoms with E-state index in [-0.39, 0.29) is 11.2 Å². The lowest BCUT2D eigenvalue weighted by Crippen LogP contribution is -2.09. The molecule has 0 bridgehead atoms. The molecular weight excluding hydrogens is 340 g/mol. The van der Waals surface area contributed by atoms with E-state index >= 15 is 0 Å². The molecule has 0 aliphatic carbocycles. The Labute approximate surface area is 151 Å². The van der Waals surface area contributed by atoms with Crippen LogP contribution in [0.3, 0.4) is 0 Å². The zero-order chi connectivity index (χ0) is 17.4. The Kier molecular flexibility index (Phi) is 6.92. The van der Waals surface area contributed by atoms with Gasteiger partial charge in [-0.25, -0.2) is 0 Å². The van der Waals surface area contributed by atoms with Crippen molar-refractivity contribution in [3.63, 3.8) is 0 Å². The van der Waals surface area contributed by atoms with Crippen LogP contribution in [0.1, 0.15) is 18.9 Å². The predicted octanol–water partition coefficient (Wildman–Crippen LogP) is 5.39. The Balaban J connectivity index is 2.03. The van der Waals surface area contributed by atoms with Crippen molar-refractivity contribution in [1.29, 1.82) is 5.26 Å². The third kappa shape index (κ3) is 5.77. The quantitative estimate of drug-likeness (QED) is 0.558. The Morgan fingerprint density at radius 1 is 1.29 bits per heavy atom. The monoisotopic (exact) mass is 356 g/mol. The van der Waals surface area contributed by atoms with Gasteiger partial charge in [-0.3, -0.25) is 4.79 Å². The number of nitriles is 1. The Hall–Kier alpha value is -2.22. The van der Waals surface area contributed by atoms with E-state index < -0.39 is 0 Å². The van der Waals surface area contributed by atoms with Crippen LogP contribution in [0.2, 0.25) is 5.02 Å². The van der Waals surface area contributed by atoms with Gasteiger partial charge in [-0.1, -0.05) is 42.8 Å². The number of rotatable bonds is 6. The SMILES string of the molecule is CC(CC#N)Sc1ccccc1NC(=O)/C=C/c1ccc(Cl)cc1. The number of carbonyl (C=O) groups is 1. The number of para-hydroxylation sites is 1. The van der Waals surface area contributed by atoms with E-state index in [1.807, 2.05) is 43.3 Å². The van der Waals surface area contributed by atoms with Gasteiger partial charge >= 0.3 is 0 Å². The van der Waals surface area contributed by atoms with Gasteiger partial charge in [0.1, 0.15) is 0 Å². The van der Waals surface area contributed by atoms with E-state index in [4.69, 9.17) is 16.9 Å². The summed E-state index contributed by atoms with van der Waals surface area (Å²) in [5, 5.41) is 12.5. The smallest absolute Gasteiger partial charge is 0.248 e. The van der Waals surface area contributed by atoms with Crippen LogP contribution < -0.4 is 5.32 Å². The molecule has 0 aliphatic rings. The van der Waals surface area contributed by atoms with Crippen molar-refractivity contribution in [1.82, 2.24) is 0 Å². The van der Waals surface area contributed by atoms with Gasteiger partial charge in [0.25, 0.3) is 0 Å². The van der Waals surface area contributed by atoms with Crippen LogP contribution in [0, 0.1) is 11.3 Å². The highest BCUT2D eigenvalue weighted by Crippen LogP contribution is 2.31. The molecule has 1 amide bonds. The molecule has 0 heterocycles. The molecular formula is C19H17ClN2OS. The lowest BCUT2D eigenvalue weighted by atomic mass is 10.2. The van der Waals surface area contributed by atoms with Gasteiger partial charge in [-0.15, -0.1) is 11.8 Å². The van der Waals surface area contributed by atoms with Crippen molar-refractivity contribution >= 4 is 41.0 Å². The minimum absolute atomic E-state index is 0.165. The van der Waals surface area contributed by atoms with E-state index in [1.54, 1.807) is 30.0 Å². The second-order valence-corrected chi connectivity index (χ2v) is 7.08. The van der Waals surface area contributed by atoms with Crippen LogP contribution in [0.4, 0.5) is 5.69 Å². The van der Waals surface area contributed by atoms with Gasteiger partial charge in [0.2, 0.25) is 5.91 Å². The molecule has 2 aromatic carbocycles. The number of anilines is 1. The molecule has 24 heavy (non-hydrogen) atoms. The molecule has 1 unspecified atom stereocenters. The number of hydrogen-bond acceptors (Lipinski definition) is 3. The minimum atomic E-state index is -0.203. The highest BCUT2D eigenvalue weighted by atomic mass is 35.5. The van der Waals surface area contributed by atoms with Crippen molar-refractivity contribution in [2.45, 2.75) is 23.5 Å². The van der Waals surface area contributed by atoms with Crippen molar-refractivity contribution in [2.75, 3.05) is 5.32 Å². The number of carbonyl (C=O) groups excluding carboxylic acids is 1. The molecule has 0 radical (unpaired) electrons. The summed E-state index contributed by atoms with van der Waals surface area (Å²) < 4.78 is 0. The van der Waals surface area contributed by atoms with E-state index in [0.29, 0.717) is 11.4 Å². The largest absolute Gasteiger partial charge is 0.321 e. The van der Waals surface area contributed by atoms with Crippen molar-refractivity contribution in [3.8, 4) is 6.07 Å². The molecule has 122 valence electrons. The van der Waals surface area contributed by atoms with Gasteiger partial charge < -0.3 is 5.32 Å². The topological polar surface area (TPSA) is 52.9 Å². The predicted molar refractivity (Wildman–Crippen MR) is 101 cm³/mol. The van der Waals surface area contributed by atoms with Gasteiger partial charge in [0, 0.05) is 27.7 Å². The third-order valence-electron chi connectivity index (χ3n) is 3.15. The third-order valence-corrected chi connectivity index (χ3v) is 4.58. The number of benzene rings is 2. The Bertz CT molecular complexity index is 766. The molecule has 0 aromatic heterocycles. The molecule has 0 saturated carbocycles. The summed E-state index contributed by atoms with van der Waals surface area (Å²) in [5.74, 6) is -0.203. The molecule has 2 rings (SSSR count). The molecule has 0 fully saturated rings. The van der Waals surface area contributed by atoms with Crippen LogP contribution in [-0.4, -0.2) is 11.2 Å². The molecule has 1 N–H and O–H groups in total. The second kappa shape index (κ2) is 9.17. The first-order chi connectivity index (χ1) is 11.6. The van der Waals surface area contributed by atoms with E-state index in [0.717, 1.165) is 16.1 Å². The zero-order valence-corrected chi connectivity index (χ0v) is 14.8. The van der Waals surface area contributed by atoms with E-state index in [1.165, 1.54) is 6.08 Å². The lowest BCUT2D eigenvalue weighted by molar-refractivity contribution is -0.111. The van der Waals surface area contributed by atoms with Crippen LogP contribution in [-0.2, 0) is 4.79 Å².